The second-order valence-corrected chi connectivity index (χ2v) is 9.44. The van der Waals surface area contributed by atoms with Gasteiger partial charge in [-0.2, -0.15) is 5.10 Å². The Bertz CT molecular complexity index is 989. The number of hydrogen-bond donors (Lipinski definition) is 2. The maximum Gasteiger partial charge on any atom is 0.573 e. The van der Waals surface area contributed by atoms with Crippen molar-refractivity contribution in [3.05, 3.63) is 23.9 Å². The van der Waals surface area contributed by atoms with Gasteiger partial charge in [-0.15, -0.1) is 13.2 Å². The number of carbonyl (C=O) groups is 2. The van der Waals surface area contributed by atoms with Crippen LogP contribution in [-0.4, -0.2) is 34.0 Å². The van der Waals surface area contributed by atoms with E-state index in [0.717, 1.165) is 31.7 Å². The number of primary amides is 1. The molecular weight excluding hydrogens is 425 g/mol. The Morgan fingerprint density at radius 1 is 1.22 bits per heavy atom. The molecular formula is C22H29F3N4O3. The average Bonchev–Trinajstić information content (AvgIpc) is 3.02. The highest BCUT2D eigenvalue weighted by atomic mass is 19.4. The maximum absolute atomic E-state index is 13.1. The second-order valence-electron chi connectivity index (χ2n) is 9.44. The van der Waals surface area contributed by atoms with Crippen LogP contribution < -0.4 is 15.8 Å². The summed E-state index contributed by atoms with van der Waals surface area (Å²) in [5.74, 6) is -1.46. The highest BCUT2D eigenvalue weighted by Crippen LogP contribution is 2.31. The van der Waals surface area contributed by atoms with Crippen molar-refractivity contribution >= 4 is 22.7 Å². The molecule has 10 heteroatoms. The minimum Gasteiger partial charge on any atom is -0.406 e. The predicted molar refractivity (Wildman–Crippen MR) is 113 cm³/mol. The number of nitrogens with one attached hydrogen (secondary N) is 1. The minimum absolute atomic E-state index is 0.0704. The van der Waals surface area contributed by atoms with Crippen molar-refractivity contribution in [1.82, 2.24) is 15.1 Å². The SMILES string of the molecule is CC(C)(C)[C@H](NC(=O)c1nn(CC2CCCCC2)c2ccc(OC(F)(F)F)cc12)C(N)=O. The molecule has 7 nitrogen and oxygen atoms in total. The molecule has 3 N–H and O–H groups in total. The van der Waals surface area contributed by atoms with Crippen LogP contribution >= 0.6 is 0 Å². The molecule has 2 amide bonds. The Balaban J connectivity index is 2.00. The summed E-state index contributed by atoms with van der Waals surface area (Å²) >= 11 is 0. The summed E-state index contributed by atoms with van der Waals surface area (Å²) in [6, 6.07) is 2.84. The third-order valence-corrected chi connectivity index (χ3v) is 5.75. The van der Waals surface area contributed by atoms with Crippen LogP contribution in [0.1, 0.15) is 63.4 Å². The number of fused-ring (bicyclic) bond motifs is 1. The summed E-state index contributed by atoms with van der Waals surface area (Å²) in [5.41, 5.74) is 5.26. The second kappa shape index (κ2) is 8.99. The van der Waals surface area contributed by atoms with Crippen molar-refractivity contribution in [2.75, 3.05) is 0 Å². The Morgan fingerprint density at radius 2 is 1.88 bits per heavy atom. The zero-order valence-corrected chi connectivity index (χ0v) is 18.5. The minimum atomic E-state index is -4.86. The molecule has 1 fully saturated rings. The first-order chi connectivity index (χ1) is 14.8. The number of carbonyl (C=O) groups excluding carboxylic acids is 2. The standard InChI is InChI=1S/C22H29F3N4O3/c1-21(2,3)18(19(26)30)27-20(31)17-15-11-14(32-22(23,24)25)9-10-16(15)29(28-17)12-13-7-5-4-6-8-13/h9-11,13,18H,4-8,12H2,1-3H3,(H2,26,30)(H,27,31)/t18-/m1/s1. The quantitative estimate of drug-likeness (QED) is 0.685. The number of benzene rings is 1. The highest BCUT2D eigenvalue weighted by molar-refractivity contribution is 6.06. The summed E-state index contributed by atoms with van der Waals surface area (Å²) in [6.45, 7) is 5.80. The van der Waals surface area contributed by atoms with E-state index in [9.17, 15) is 22.8 Å². The molecule has 1 aliphatic rings. The molecule has 1 saturated carbocycles. The molecule has 32 heavy (non-hydrogen) atoms. The third kappa shape index (κ3) is 5.72. The molecule has 176 valence electrons. The lowest BCUT2D eigenvalue weighted by Gasteiger charge is -2.28. The van der Waals surface area contributed by atoms with E-state index in [1.807, 2.05) is 0 Å². The molecule has 3 rings (SSSR count). The average molecular weight is 454 g/mol. The van der Waals surface area contributed by atoms with Gasteiger partial charge in [0, 0.05) is 11.9 Å². The Morgan fingerprint density at radius 3 is 2.44 bits per heavy atom. The molecule has 1 aromatic carbocycles. The zero-order valence-electron chi connectivity index (χ0n) is 18.5. The van der Waals surface area contributed by atoms with Gasteiger partial charge in [0.2, 0.25) is 5.91 Å². The van der Waals surface area contributed by atoms with Gasteiger partial charge in [-0.1, -0.05) is 40.0 Å². The zero-order chi connectivity index (χ0) is 23.7. The van der Waals surface area contributed by atoms with Gasteiger partial charge in [-0.05, 0) is 42.4 Å². The topological polar surface area (TPSA) is 99.2 Å². The van der Waals surface area contributed by atoms with Crippen molar-refractivity contribution in [3.8, 4) is 5.75 Å². The van der Waals surface area contributed by atoms with Gasteiger partial charge in [0.15, 0.2) is 5.69 Å². The number of halogens is 3. The lowest BCUT2D eigenvalue weighted by Crippen LogP contribution is -2.52. The van der Waals surface area contributed by atoms with Crippen LogP contribution in [0.4, 0.5) is 13.2 Å². The molecule has 2 aromatic rings. The Kier molecular flexibility index (Phi) is 6.71. The summed E-state index contributed by atoms with van der Waals surface area (Å²) < 4.78 is 43.9. The Labute approximate surface area is 184 Å². The van der Waals surface area contributed by atoms with E-state index >= 15 is 0 Å². The molecule has 1 aromatic heterocycles. The van der Waals surface area contributed by atoms with Crippen LogP contribution in [0.5, 0.6) is 5.75 Å². The molecule has 0 bridgehead atoms. The van der Waals surface area contributed by atoms with E-state index in [0.29, 0.717) is 18.0 Å². The van der Waals surface area contributed by atoms with E-state index in [1.54, 1.807) is 25.5 Å². The van der Waals surface area contributed by atoms with Crippen molar-refractivity contribution in [2.24, 2.45) is 17.1 Å². The number of nitrogens with zero attached hydrogens (tertiary/aromatic N) is 2. The number of rotatable bonds is 6. The fourth-order valence-electron chi connectivity index (χ4n) is 4.19. The van der Waals surface area contributed by atoms with Gasteiger partial charge in [-0.25, -0.2) is 0 Å². The number of nitrogens with two attached hydrogens (primary N) is 1. The normalized spacial score (nSPS) is 16.7. The molecule has 0 spiro atoms. The molecule has 0 unspecified atom stereocenters. The molecule has 1 heterocycles. The summed E-state index contributed by atoms with van der Waals surface area (Å²) in [5, 5.41) is 7.25. The van der Waals surface area contributed by atoms with E-state index in [-0.39, 0.29) is 11.1 Å². The summed E-state index contributed by atoms with van der Waals surface area (Å²) in [7, 11) is 0. The van der Waals surface area contributed by atoms with Crippen molar-refractivity contribution in [1.29, 1.82) is 0 Å². The first-order valence-corrected chi connectivity index (χ1v) is 10.7. The van der Waals surface area contributed by atoms with Crippen LogP contribution in [0.2, 0.25) is 0 Å². The highest BCUT2D eigenvalue weighted by Gasteiger charge is 2.34. The molecule has 0 radical (unpaired) electrons. The van der Waals surface area contributed by atoms with Gasteiger partial charge >= 0.3 is 6.36 Å². The van der Waals surface area contributed by atoms with E-state index < -0.39 is 35.4 Å². The van der Waals surface area contributed by atoms with E-state index in [4.69, 9.17) is 5.73 Å². The van der Waals surface area contributed by atoms with Crippen LogP contribution in [-0.2, 0) is 11.3 Å². The van der Waals surface area contributed by atoms with E-state index in [1.165, 1.54) is 18.6 Å². The van der Waals surface area contributed by atoms with Crippen LogP contribution in [0.15, 0.2) is 18.2 Å². The van der Waals surface area contributed by atoms with Crippen molar-refractivity contribution in [2.45, 2.75) is 71.8 Å². The molecule has 0 saturated heterocycles. The molecule has 1 aliphatic carbocycles. The maximum atomic E-state index is 13.1. The largest absolute Gasteiger partial charge is 0.573 e. The lowest BCUT2D eigenvalue weighted by molar-refractivity contribution is -0.274. The fourth-order valence-corrected chi connectivity index (χ4v) is 4.19. The van der Waals surface area contributed by atoms with E-state index in [2.05, 4.69) is 15.2 Å². The number of aromatic nitrogens is 2. The van der Waals surface area contributed by atoms with Gasteiger partial charge in [0.1, 0.15) is 11.8 Å². The number of alkyl halides is 3. The smallest absolute Gasteiger partial charge is 0.406 e. The lowest BCUT2D eigenvalue weighted by atomic mass is 9.86. The van der Waals surface area contributed by atoms with Gasteiger partial charge in [0.25, 0.3) is 5.91 Å². The van der Waals surface area contributed by atoms with Crippen molar-refractivity contribution < 1.29 is 27.5 Å². The predicted octanol–water partition coefficient (Wildman–Crippen LogP) is 4.15. The summed E-state index contributed by atoms with van der Waals surface area (Å²) in [6.07, 6.45) is 0.623. The first-order valence-electron chi connectivity index (χ1n) is 10.7. The number of ether oxygens (including phenoxy) is 1. The van der Waals surface area contributed by atoms with Crippen molar-refractivity contribution in [3.63, 3.8) is 0 Å². The fraction of sp³-hybridized carbons (Fsp3) is 0.591. The third-order valence-electron chi connectivity index (χ3n) is 5.75. The number of hydrogen-bond acceptors (Lipinski definition) is 4. The summed E-state index contributed by atoms with van der Waals surface area (Å²) in [4.78, 5) is 25.0. The van der Waals surface area contributed by atoms with Gasteiger partial charge in [0.05, 0.1) is 5.52 Å². The first kappa shape index (κ1) is 23.9. The van der Waals surface area contributed by atoms with Crippen LogP contribution in [0, 0.1) is 11.3 Å². The van der Waals surface area contributed by atoms with Crippen LogP contribution in [0.25, 0.3) is 10.9 Å². The van der Waals surface area contributed by atoms with Gasteiger partial charge in [-0.3, -0.25) is 14.3 Å². The monoisotopic (exact) mass is 454 g/mol. The Hall–Kier alpha value is -2.78. The van der Waals surface area contributed by atoms with Gasteiger partial charge < -0.3 is 15.8 Å². The molecule has 1 atom stereocenters. The number of amides is 2. The van der Waals surface area contributed by atoms with Crippen LogP contribution in [0.3, 0.4) is 0 Å². The molecule has 0 aliphatic heterocycles.